The SMILES string of the molecule is NC1CC2CCC(C1)N2C(=O)C(NC(=O)C(=O)c1ccc(-c2ccc(F)cc2)cn1)C(F)(F)c1ccc(Br)cc1.O=C(O)C(F)(F)F. The summed E-state index contributed by atoms with van der Waals surface area (Å²) in [6.45, 7) is 0. The highest BCUT2D eigenvalue weighted by Gasteiger charge is 2.53. The number of nitrogens with two attached hydrogens (primary N) is 1. The first-order chi connectivity index (χ1) is 22.0. The van der Waals surface area contributed by atoms with E-state index in [0.29, 0.717) is 41.3 Å². The van der Waals surface area contributed by atoms with Gasteiger partial charge in [0, 0.05) is 39.9 Å². The van der Waals surface area contributed by atoms with Gasteiger partial charge in [-0.25, -0.2) is 9.18 Å². The molecule has 1 aromatic heterocycles. The third-order valence-electron chi connectivity index (χ3n) is 7.76. The standard InChI is InChI=1S/C29H26BrF3N4O3.C2HF3O2/c30-19-6-4-18(5-7-19)29(32,33)26(28(40)37-22-10-11-23(37)14-21(34)13-22)36-27(39)25(38)24-12-3-17(15-35-24)16-1-8-20(31)9-2-16;3-2(4,5)1(6)7/h1-9,12,15,21-23,26H,10-11,13-14,34H2,(H,36,39);(H,6,7). The number of ketones is 1. The van der Waals surface area contributed by atoms with Crippen LogP contribution in [-0.2, 0) is 20.3 Å². The zero-order valence-corrected chi connectivity index (χ0v) is 25.8. The quantitative estimate of drug-likeness (QED) is 0.172. The van der Waals surface area contributed by atoms with Gasteiger partial charge in [0.1, 0.15) is 11.5 Å². The molecular formula is C31H27BrF6N4O5. The van der Waals surface area contributed by atoms with Crippen molar-refractivity contribution in [3.8, 4) is 11.1 Å². The van der Waals surface area contributed by atoms with Crippen LogP contribution in [0.1, 0.15) is 41.7 Å². The van der Waals surface area contributed by atoms with E-state index >= 15 is 8.78 Å². The maximum Gasteiger partial charge on any atom is 0.490 e. The van der Waals surface area contributed by atoms with Gasteiger partial charge in [-0.3, -0.25) is 19.4 Å². The van der Waals surface area contributed by atoms with Crippen molar-refractivity contribution in [2.75, 3.05) is 0 Å². The number of rotatable bonds is 7. The van der Waals surface area contributed by atoms with Crippen molar-refractivity contribution >= 4 is 39.5 Å². The fourth-order valence-electron chi connectivity index (χ4n) is 5.53. The molecule has 9 nitrogen and oxygen atoms in total. The number of benzene rings is 2. The second-order valence-electron chi connectivity index (χ2n) is 11.0. The van der Waals surface area contributed by atoms with E-state index in [-0.39, 0.29) is 23.8 Å². The number of carbonyl (C=O) groups is 4. The van der Waals surface area contributed by atoms with Crippen LogP contribution in [0.25, 0.3) is 11.1 Å². The Bertz CT molecular complexity index is 1610. The van der Waals surface area contributed by atoms with Gasteiger partial charge < -0.3 is 21.1 Å². The van der Waals surface area contributed by atoms with Crippen LogP contribution < -0.4 is 11.1 Å². The molecule has 2 aliphatic rings. The number of nitrogens with zero attached hydrogens (tertiary/aromatic N) is 2. The van der Waals surface area contributed by atoms with Gasteiger partial charge in [0.2, 0.25) is 0 Å². The van der Waals surface area contributed by atoms with Crippen molar-refractivity contribution < 1.29 is 50.6 Å². The average Bonchev–Trinajstić information content (AvgIpc) is 3.30. The van der Waals surface area contributed by atoms with E-state index in [1.54, 1.807) is 0 Å². The molecule has 3 atom stereocenters. The molecule has 4 N–H and O–H groups in total. The molecular weight excluding hydrogens is 702 g/mol. The van der Waals surface area contributed by atoms with Gasteiger partial charge in [0.25, 0.3) is 17.6 Å². The van der Waals surface area contributed by atoms with Gasteiger partial charge in [-0.2, -0.15) is 22.0 Å². The van der Waals surface area contributed by atoms with Crippen LogP contribution in [0, 0.1) is 5.82 Å². The summed E-state index contributed by atoms with van der Waals surface area (Å²) in [5.74, 6) is -10.5. The number of carbonyl (C=O) groups excluding carboxylic acids is 3. The number of hydrogen-bond donors (Lipinski definition) is 3. The van der Waals surface area contributed by atoms with E-state index < -0.39 is 53.1 Å². The van der Waals surface area contributed by atoms with Crippen LogP contribution in [-0.4, -0.2) is 68.9 Å². The lowest BCUT2D eigenvalue weighted by atomic mass is 9.94. The predicted octanol–water partition coefficient (Wildman–Crippen LogP) is 5.22. The molecule has 0 aliphatic carbocycles. The summed E-state index contributed by atoms with van der Waals surface area (Å²) in [5, 5.41) is 9.17. The number of aliphatic carboxylic acids is 1. The first kappa shape index (κ1) is 35.5. The highest BCUT2D eigenvalue weighted by atomic mass is 79.9. The molecule has 0 saturated carbocycles. The summed E-state index contributed by atoms with van der Waals surface area (Å²) in [7, 11) is 0. The summed E-state index contributed by atoms with van der Waals surface area (Å²) < 4.78 is 77.4. The Morgan fingerprint density at radius 1 is 0.894 bits per heavy atom. The highest BCUT2D eigenvalue weighted by Crippen LogP contribution is 2.39. The van der Waals surface area contributed by atoms with Gasteiger partial charge in [0.15, 0.2) is 6.04 Å². The fourth-order valence-corrected chi connectivity index (χ4v) is 5.79. The predicted molar refractivity (Wildman–Crippen MR) is 158 cm³/mol. The van der Waals surface area contributed by atoms with E-state index in [1.807, 2.05) is 5.32 Å². The fraction of sp³-hybridized carbons (Fsp3) is 0.323. The van der Waals surface area contributed by atoms with Crippen LogP contribution in [0.3, 0.4) is 0 Å². The zero-order valence-electron chi connectivity index (χ0n) is 24.2. The Labute approximate surface area is 272 Å². The molecule has 2 bridgehead atoms. The lowest BCUT2D eigenvalue weighted by molar-refractivity contribution is -0.192. The summed E-state index contributed by atoms with van der Waals surface area (Å²) >= 11 is 3.21. The largest absolute Gasteiger partial charge is 0.490 e. The lowest BCUT2D eigenvalue weighted by Crippen LogP contribution is -2.61. The van der Waals surface area contributed by atoms with Crippen LogP contribution in [0.5, 0.6) is 0 Å². The minimum atomic E-state index is -5.08. The second-order valence-corrected chi connectivity index (χ2v) is 11.9. The van der Waals surface area contributed by atoms with Crippen molar-refractivity contribution in [1.82, 2.24) is 15.2 Å². The first-order valence-electron chi connectivity index (χ1n) is 14.1. The van der Waals surface area contributed by atoms with Crippen LogP contribution in [0.15, 0.2) is 71.3 Å². The molecule has 0 radical (unpaired) electrons. The summed E-state index contributed by atoms with van der Waals surface area (Å²) in [6.07, 6.45) is -1.52. The number of halogens is 7. The molecule has 47 heavy (non-hydrogen) atoms. The number of alkyl halides is 5. The molecule has 2 saturated heterocycles. The number of nitrogens with one attached hydrogen (secondary N) is 1. The Hall–Kier alpha value is -4.31. The summed E-state index contributed by atoms with van der Waals surface area (Å²) in [4.78, 5) is 54.0. The molecule has 3 aromatic rings. The third-order valence-corrected chi connectivity index (χ3v) is 8.29. The Balaban J connectivity index is 0.000000644. The van der Waals surface area contributed by atoms with Gasteiger partial charge >= 0.3 is 18.1 Å². The van der Waals surface area contributed by atoms with Crippen molar-refractivity contribution in [2.24, 2.45) is 5.73 Å². The van der Waals surface area contributed by atoms with Crippen LogP contribution in [0.2, 0.25) is 0 Å². The number of carboxylic acid groups (broad SMARTS) is 1. The highest BCUT2D eigenvalue weighted by molar-refractivity contribution is 9.10. The molecule has 3 heterocycles. The van der Waals surface area contributed by atoms with Gasteiger partial charge in [0.05, 0.1) is 0 Å². The Kier molecular flexibility index (Phi) is 10.7. The molecule has 0 spiro atoms. The second kappa shape index (κ2) is 14.2. The molecule has 2 amide bonds. The normalized spacial score (nSPS) is 19.7. The maximum absolute atomic E-state index is 15.9. The van der Waals surface area contributed by atoms with E-state index in [4.69, 9.17) is 15.6 Å². The number of amides is 2. The van der Waals surface area contributed by atoms with Gasteiger partial charge in [-0.15, -0.1) is 0 Å². The smallest absolute Gasteiger partial charge is 0.475 e. The number of fused-ring (bicyclic) bond motifs is 2. The molecule has 3 unspecified atom stereocenters. The van der Waals surface area contributed by atoms with Crippen molar-refractivity contribution in [2.45, 2.75) is 61.9 Å². The van der Waals surface area contributed by atoms with Gasteiger partial charge in [-0.05, 0) is 61.6 Å². The average molecular weight is 729 g/mol. The van der Waals surface area contributed by atoms with E-state index in [1.165, 1.54) is 59.6 Å². The van der Waals surface area contributed by atoms with Gasteiger partial charge in [-0.1, -0.05) is 46.3 Å². The Morgan fingerprint density at radius 2 is 1.43 bits per heavy atom. The topological polar surface area (TPSA) is 143 Å². The van der Waals surface area contributed by atoms with Crippen LogP contribution in [0.4, 0.5) is 26.3 Å². The lowest BCUT2D eigenvalue weighted by Gasteiger charge is -2.41. The molecule has 250 valence electrons. The van der Waals surface area contributed by atoms with E-state index in [0.717, 1.165) is 12.1 Å². The van der Waals surface area contributed by atoms with E-state index in [2.05, 4.69) is 20.9 Å². The van der Waals surface area contributed by atoms with Crippen molar-refractivity contribution in [1.29, 1.82) is 0 Å². The summed E-state index contributed by atoms with van der Waals surface area (Å²) in [6, 6.07) is 10.5. The molecule has 2 fully saturated rings. The monoisotopic (exact) mass is 728 g/mol. The number of carboxylic acids is 1. The molecule has 5 rings (SSSR count). The molecule has 2 aliphatic heterocycles. The van der Waals surface area contributed by atoms with E-state index in [9.17, 15) is 31.9 Å². The number of Topliss-reactive ketones (excluding diaryl/α,β-unsaturated/α-hetero) is 1. The zero-order chi connectivity index (χ0) is 34.7. The van der Waals surface area contributed by atoms with Crippen LogP contribution >= 0.6 is 15.9 Å². The minimum Gasteiger partial charge on any atom is -0.475 e. The number of aromatic nitrogens is 1. The Morgan fingerprint density at radius 3 is 1.91 bits per heavy atom. The number of hydrogen-bond acceptors (Lipinski definition) is 6. The maximum atomic E-state index is 15.9. The third kappa shape index (κ3) is 8.35. The van der Waals surface area contributed by atoms with Crippen molar-refractivity contribution in [3.63, 3.8) is 0 Å². The molecule has 2 aromatic carbocycles. The molecule has 16 heteroatoms. The first-order valence-corrected chi connectivity index (χ1v) is 14.9. The summed E-state index contributed by atoms with van der Waals surface area (Å²) in [5.41, 5.74) is 6.52. The minimum absolute atomic E-state index is 0.132. The number of pyridine rings is 1. The number of piperidine rings is 1. The van der Waals surface area contributed by atoms with Crippen molar-refractivity contribution in [3.05, 3.63) is 88.4 Å².